The smallest absolute Gasteiger partial charge is 0.220 e. The average Bonchev–Trinajstić information content (AvgIpc) is 2.30. The van der Waals surface area contributed by atoms with Gasteiger partial charge in [-0.3, -0.25) is 0 Å². The van der Waals surface area contributed by atoms with Crippen LogP contribution in [0.25, 0.3) is 0 Å². The number of nitrogens with two attached hydrogens (primary N) is 1. The molecule has 0 fully saturated rings. The van der Waals surface area contributed by atoms with Crippen molar-refractivity contribution in [2.75, 3.05) is 19.3 Å². The molecule has 1 unspecified atom stereocenters. The van der Waals surface area contributed by atoms with E-state index >= 15 is 0 Å². The van der Waals surface area contributed by atoms with Crippen LogP contribution in [0.2, 0.25) is 0 Å². The Morgan fingerprint density at radius 1 is 1.41 bits per heavy atom. The molecule has 0 aliphatic heterocycles. The van der Waals surface area contributed by atoms with Crippen LogP contribution in [0.5, 0.6) is 0 Å². The zero-order chi connectivity index (χ0) is 13.2. The predicted molar refractivity (Wildman–Crippen MR) is 71.2 cm³/mol. The van der Waals surface area contributed by atoms with Crippen LogP contribution in [0, 0.1) is 6.92 Å². The van der Waals surface area contributed by atoms with Gasteiger partial charge in [-0.2, -0.15) is 0 Å². The van der Waals surface area contributed by atoms with Crippen LogP contribution in [0.3, 0.4) is 0 Å². The number of hydrogen-bond acceptors (Lipinski definition) is 3. The summed E-state index contributed by atoms with van der Waals surface area (Å²) in [6.45, 7) is 5.87. The van der Waals surface area contributed by atoms with Gasteiger partial charge in [0.2, 0.25) is 10.0 Å². The van der Waals surface area contributed by atoms with E-state index in [-0.39, 0.29) is 0 Å². The maximum Gasteiger partial charge on any atom is 0.220 e. The Bertz CT molecular complexity index is 497. The number of nitrogen functional groups attached to an aromatic ring is 1. The third-order valence-electron chi connectivity index (χ3n) is 3.09. The Labute approximate surface area is 103 Å². The SMILES string of the molecule is CCN(C)S(=O)(=O)C(C)c1ccc(N)c(C)c1. The second-order valence-corrected chi connectivity index (χ2v) is 6.58. The van der Waals surface area contributed by atoms with Crippen molar-refractivity contribution in [1.82, 2.24) is 4.31 Å². The van der Waals surface area contributed by atoms with E-state index in [4.69, 9.17) is 5.73 Å². The molecule has 1 aromatic rings. The highest BCUT2D eigenvalue weighted by Gasteiger charge is 2.26. The summed E-state index contributed by atoms with van der Waals surface area (Å²) in [6, 6.07) is 5.36. The minimum Gasteiger partial charge on any atom is -0.399 e. The van der Waals surface area contributed by atoms with Gasteiger partial charge in [-0.1, -0.05) is 19.1 Å². The first kappa shape index (κ1) is 14.0. The average molecular weight is 256 g/mol. The van der Waals surface area contributed by atoms with Gasteiger partial charge < -0.3 is 5.73 Å². The number of sulfonamides is 1. The number of benzene rings is 1. The van der Waals surface area contributed by atoms with Gasteiger partial charge in [0, 0.05) is 19.3 Å². The summed E-state index contributed by atoms with van der Waals surface area (Å²) in [5.41, 5.74) is 8.09. The molecule has 0 heterocycles. The Morgan fingerprint density at radius 3 is 2.47 bits per heavy atom. The summed E-state index contributed by atoms with van der Waals surface area (Å²) in [5.74, 6) is 0. The van der Waals surface area contributed by atoms with E-state index < -0.39 is 15.3 Å². The standard InChI is InChI=1S/C12H20N2O2S/c1-5-14(4)17(15,16)10(3)11-6-7-12(13)9(2)8-11/h6-8,10H,5,13H2,1-4H3. The second-order valence-electron chi connectivity index (χ2n) is 4.22. The number of hydrogen-bond donors (Lipinski definition) is 1. The van der Waals surface area contributed by atoms with E-state index in [1.807, 2.05) is 19.9 Å². The van der Waals surface area contributed by atoms with Gasteiger partial charge in [0.15, 0.2) is 0 Å². The Balaban J connectivity index is 3.12. The highest BCUT2D eigenvalue weighted by molar-refractivity contribution is 7.89. The number of nitrogens with zero attached hydrogens (tertiary/aromatic N) is 1. The highest BCUT2D eigenvalue weighted by Crippen LogP contribution is 2.26. The summed E-state index contributed by atoms with van der Waals surface area (Å²) in [7, 11) is -1.69. The molecule has 0 amide bonds. The summed E-state index contributed by atoms with van der Waals surface area (Å²) < 4.78 is 25.7. The van der Waals surface area contributed by atoms with Crippen LogP contribution in [-0.2, 0) is 10.0 Å². The molecule has 1 atom stereocenters. The van der Waals surface area contributed by atoms with E-state index in [0.29, 0.717) is 12.2 Å². The molecule has 0 radical (unpaired) electrons. The lowest BCUT2D eigenvalue weighted by Crippen LogP contribution is -2.30. The van der Waals surface area contributed by atoms with Gasteiger partial charge in [-0.05, 0) is 31.0 Å². The fourth-order valence-corrected chi connectivity index (χ4v) is 2.96. The van der Waals surface area contributed by atoms with E-state index in [9.17, 15) is 8.42 Å². The molecule has 96 valence electrons. The minimum atomic E-state index is -3.28. The highest BCUT2D eigenvalue weighted by atomic mass is 32.2. The molecule has 5 heteroatoms. The van der Waals surface area contributed by atoms with Crippen LogP contribution < -0.4 is 5.73 Å². The molecule has 0 saturated heterocycles. The monoisotopic (exact) mass is 256 g/mol. The van der Waals surface area contributed by atoms with Crippen molar-refractivity contribution in [2.45, 2.75) is 26.0 Å². The molecule has 17 heavy (non-hydrogen) atoms. The van der Waals surface area contributed by atoms with Crippen LogP contribution in [0.4, 0.5) is 5.69 Å². The van der Waals surface area contributed by atoms with Crippen molar-refractivity contribution in [3.05, 3.63) is 29.3 Å². The van der Waals surface area contributed by atoms with Crippen LogP contribution >= 0.6 is 0 Å². The molecule has 0 saturated carbocycles. The van der Waals surface area contributed by atoms with E-state index in [1.54, 1.807) is 26.1 Å². The molecule has 1 rings (SSSR count). The zero-order valence-electron chi connectivity index (χ0n) is 10.8. The molecule has 4 nitrogen and oxygen atoms in total. The third kappa shape index (κ3) is 2.79. The number of rotatable bonds is 4. The topological polar surface area (TPSA) is 63.4 Å². The molecule has 0 aromatic heterocycles. The minimum absolute atomic E-state index is 0.473. The fraction of sp³-hybridized carbons (Fsp3) is 0.500. The maximum absolute atomic E-state index is 12.2. The molecule has 0 bridgehead atoms. The van der Waals surface area contributed by atoms with Crippen LogP contribution in [0.1, 0.15) is 30.2 Å². The molecule has 0 spiro atoms. The molecule has 1 aromatic carbocycles. The van der Waals surface area contributed by atoms with Gasteiger partial charge >= 0.3 is 0 Å². The molecule has 2 N–H and O–H groups in total. The second kappa shape index (κ2) is 5.06. The van der Waals surface area contributed by atoms with Crippen molar-refractivity contribution >= 4 is 15.7 Å². The molecular weight excluding hydrogens is 236 g/mol. The first-order valence-corrected chi connectivity index (χ1v) is 7.12. The van der Waals surface area contributed by atoms with E-state index in [2.05, 4.69) is 0 Å². The lowest BCUT2D eigenvalue weighted by Gasteiger charge is -2.21. The maximum atomic E-state index is 12.2. The van der Waals surface area contributed by atoms with E-state index in [0.717, 1.165) is 11.1 Å². The van der Waals surface area contributed by atoms with Gasteiger partial charge in [0.25, 0.3) is 0 Å². The number of anilines is 1. The predicted octanol–water partition coefficient (Wildman–Crippen LogP) is 1.92. The Morgan fingerprint density at radius 2 is 2.00 bits per heavy atom. The van der Waals surface area contributed by atoms with Gasteiger partial charge in [0.1, 0.15) is 0 Å². The first-order chi connectivity index (χ1) is 7.80. The summed E-state index contributed by atoms with van der Waals surface area (Å²) in [6.07, 6.45) is 0. The number of aryl methyl sites for hydroxylation is 1. The van der Waals surface area contributed by atoms with E-state index in [1.165, 1.54) is 4.31 Å². The first-order valence-electron chi connectivity index (χ1n) is 5.61. The van der Waals surface area contributed by atoms with Crippen molar-refractivity contribution in [3.63, 3.8) is 0 Å². The molecule has 0 aliphatic carbocycles. The Kier molecular flexibility index (Phi) is 4.16. The lowest BCUT2D eigenvalue weighted by molar-refractivity contribution is 0.477. The van der Waals surface area contributed by atoms with Crippen LogP contribution in [-0.4, -0.2) is 26.3 Å². The molecule has 0 aliphatic rings. The van der Waals surface area contributed by atoms with Gasteiger partial charge in [-0.25, -0.2) is 12.7 Å². The van der Waals surface area contributed by atoms with Crippen molar-refractivity contribution in [3.8, 4) is 0 Å². The molecular formula is C12H20N2O2S. The van der Waals surface area contributed by atoms with Crippen molar-refractivity contribution < 1.29 is 8.42 Å². The third-order valence-corrected chi connectivity index (χ3v) is 5.38. The fourth-order valence-electron chi connectivity index (χ4n) is 1.57. The van der Waals surface area contributed by atoms with Crippen molar-refractivity contribution in [1.29, 1.82) is 0 Å². The summed E-state index contributed by atoms with van der Waals surface area (Å²) in [4.78, 5) is 0. The normalized spacial score (nSPS) is 13.9. The van der Waals surface area contributed by atoms with Crippen LogP contribution in [0.15, 0.2) is 18.2 Å². The van der Waals surface area contributed by atoms with Crippen molar-refractivity contribution in [2.24, 2.45) is 0 Å². The van der Waals surface area contributed by atoms with Gasteiger partial charge in [-0.15, -0.1) is 0 Å². The lowest BCUT2D eigenvalue weighted by atomic mass is 10.1. The largest absolute Gasteiger partial charge is 0.399 e. The quantitative estimate of drug-likeness (QED) is 0.837. The zero-order valence-corrected chi connectivity index (χ0v) is 11.6. The Hall–Kier alpha value is -1.07. The summed E-state index contributed by atoms with van der Waals surface area (Å²) >= 11 is 0. The summed E-state index contributed by atoms with van der Waals surface area (Å²) in [5, 5.41) is -0.549. The van der Waals surface area contributed by atoms with Gasteiger partial charge in [0.05, 0.1) is 5.25 Å².